The molecular formula is C12H18O2. The predicted molar refractivity (Wildman–Crippen MR) is 57.5 cm³/mol. The van der Waals surface area contributed by atoms with Crippen molar-refractivity contribution < 1.29 is 10.2 Å². The van der Waals surface area contributed by atoms with Crippen molar-refractivity contribution in [3.63, 3.8) is 0 Å². The maximum absolute atomic E-state index is 9.50. The van der Waals surface area contributed by atoms with Gasteiger partial charge in [0.15, 0.2) is 0 Å². The molecule has 0 radical (unpaired) electrons. The van der Waals surface area contributed by atoms with E-state index in [4.69, 9.17) is 5.11 Å². The van der Waals surface area contributed by atoms with Crippen LogP contribution >= 0.6 is 0 Å². The third-order valence-electron chi connectivity index (χ3n) is 2.30. The van der Waals surface area contributed by atoms with Crippen LogP contribution in [0.4, 0.5) is 0 Å². The van der Waals surface area contributed by atoms with Gasteiger partial charge in [-0.05, 0) is 30.4 Å². The van der Waals surface area contributed by atoms with Crippen molar-refractivity contribution in [1.29, 1.82) is 0 Å². The minimum Gasteiger partial charge on any atom is -0.508 e. The molecule has 0 spiro atoms. The zero-order valence-electron chi connectivity index (χ0n) is 8.83. The van der Waals surface area contributed by atoms with E-state index < -0.39 is 0 Å². The van der Waals surface area contributed by atoms with Crippen molar-refractivity contribution in [3.8, 4) is 11.5 Å². The molecule has 1 aromatic carbocycles. The zero-order chi connectivity index (χ0) is 10.6. The monoisotopic (exact) mass is 194 g/mol. The van der Waals surface area contributed by atoms with Gasteiger partial charge >= 0.3 is 0 Å². The number of rotatable bonds is 4. The Kier molecular flexibility index (Phi) is 3.81. The summed E-state index contributed by atoms with van der Waals surface area (Å²) in [6.07, 6.45) is 3.13. The molecule has 78 valence electrons. The highest BCUT2D eigenvalue weighted by Gasteiger charge is 2.02. The highest BCUT2D eigenvalue weighted by molar-refractivity contribution is 5.38. The molecule has 0 unspecified atom stereocenters. The summed E-state index contributed by atoms with van der Waals surface area (Å²) in [5.74, 6) is 1.03. The Morgan fingerprint density at radius 1 is 1.21 bits per heavy atom. The van der Waals surface area contributed by atoms with Crippen molar-refractivity contribution in [2.75, 3.05) is 0 Å². The summed E-state index contributed by atoms with van der Waals surface area (Å²) >= 11 is 0. The average molecular weight is 194 g/mol. The van der Waals surface area contributed by atoms with Gasteiger partial charge < -0.3 is 10.2 Å². The maximum Gasteiger partial charge on any atom is 0.122 e. The van der Waals surface area contributed by atoms with Crippen molar-refractivity contribution in [3.05, 3.63) is 23.8 Å². The second kappa shape index (κ2) is 4.89. The van der Waals surface area contributed by atoms with Crippen molar-refractivity contribution in [2.24, 2.45) is 5.92 Å². The fourth-order valence-corrected chi connectivity index (χ4v) is 1.46. The van der Waals surface area contributed by atoms with Crippen LogP contribution in [0.2, 0.25) is 0 Å². The molecule has 1 aromatic rings. The van der Waals surface area contributed by atoms with Crippen LogP contribution in [0.3, 0.4) is 0 Å². The van der Waals surface area contributed by atoms with Crippen LogP contribution < -0.4 is 0 Å². The van der Waals surface area contributed by atoms with E-state index in [0.29, 0.717) is 5.92 Å². The van der Waals surface area contributed by atoms with E-state index >= 15 is 0 Å². The quantitative estimate of drug-likeness (QED) is 0.773. The van der Waals surface area contributed by atoms with E-state index in [1.165, 1.54) is 12.5 Å². The van der Waals surface area contributed by atoms with Crippen LogP contribution in [0.1, 0.15) is 32.3 Å². The van der Waals surface area contributed by atoms with Crippen molar-refractivity contribution >= 4 is 0 Å². The van der Waals surface area contributed by atoms with E-state index in [1.807, 2.05) is 0 Å². The lowest BCUT2D eigenvalue weighted by molar-refractivity contribution is 0.443. The van der Waals surface area contributed by atoms with Crippen LogP contribution in [-0.4, -0.2) is 10.2 Å². The molecule has 0 saturated carbocycles. The molecule has 0 aromatic heterocycles. The third-order valence-corrected chi connectivity index (χ3v) is 2.30. The molecule has 0 amide bonds. The number of phenols is 2. The van der Waals surface area contributed by atoms with E-state index in [1.54, 1.807) is 12.1 Å². The molecule has 0 aliphatic rings. The molecule has 2 N–H and O–H groups in total. The van der Waals surface area contributed by atoms with E-state index in [0.717, 1.165) is 18.4 Å². The largest absolute Gasteiger partial charge is 0.508 e. The number of hydrogen-bond acceptors (Lipinski definition) is 2. The fourth-order valence-electron chi connectivity index (χ4n) is 1.46. The Morgan fingerprint density at radius 3 is 2.50 bits per heavy atom. The normalized spacial score (nSPS) is 10.8. The molecule has 1 rings (SSSR count). The predicted octanol–water partition coefficient (Wildman–Crippen LogP) is 3.08. The lowest BCUT2D eigenvalue weighted by atomic mass is 10.0. The van der Waals surface area contributed by atoms with Gasteiger partial charge in [0.1, 0.15) is 11.5 Å². The van der Waals surface area contributed by atoms with Crippen LogP contribution in [0.15, 0.2) is 18.2 Å². The van der Waals surface area contributed by atoms with Gasteiger partial charge in [0.05, 0.1) is 0 Å². The van der Waals surface area contributed by atoms with Crippen LogP contribution in [0, 0.1) is 5.92 Å². The second-order valence-corrected chi connectivity index (χ2v) is 4.10. The van der Waals surface area contributed by atoms with Gasteiger partial charge in [0, 0.05) is 6.07 Å². The SMILES string of the molecule is CC(C)CCCc1ccc(O)cc1O. The molecule has 0 fully saturated rings. The first-order chi connectivity index (χ1) is 6.59. The highest BCUT2D eigenvalue weighted by Crippen LogP contribution is 2.24. The van der Waals surface area contributed by atoms with E-state index in [9.17, 15) is 5.11 Å². The average Bonchev–Trinajstić information content (AvgIpc) is 2.08. The number of aryl methyl sites for hydroxylation is 1. The number of hydrogen-bond donors (Lipinski definition) is 2. The molecule has 0 atom stereocenters. The summed E-state index contributed by atoms with van der Waals surface area (Å²) in [6.45, 7) is 4.38. The molecule has 2 heteroatoms. The molecule has 0 aliphatic heterocycles. The summed E-state index contributed by atoms with van der Waals surface area (Å²) in [6, 6.07) is 4.79. The number of phenolic OH excluding ortho intramolecular Hbond substituents is 2. The topological polar surface area (TPSA) is 40.5 Å². The first-order valence-corrected chi connectivity index (χ1v) is 5.10. The smallest absolute Gasteiger partial charge is 0.122 e. The van der Waals surface area contributed by atoms with Crippen molar-refractivity contribution in [1.82, 2.24) is 0 Å². The van der Waals surface area contributed by atoms with E-state index in [2.05, 4.69) is 13.8 Å². The Morgan fingerprint density at radius 2 is 1.93 bits per heavy atom. The van der Waals surface area contributed by atoms with E-state index in [-0.39, 0.29) is 11.5 Å². The molecule has 14 heavy (non-hydrogen) atoms. The summed E-state index contributed by atoms with van der Waals surface area (Å²) < 4.78 is 0. The molecular weight excluding hydrogens is 176 g/mol. The Hall–Kier alpha value is -1.18. The van der Waals surface area contributed by atoms with Gasteiger partial charge in [-0.2, -0.15) is 0 Å². The van der Waals surface area contributed by atoms with Gasteiger partial charge in [-0.25, -0.2) is 0 Å². The fraction of sp³-hybridized carbons (Fsp3) is 0.500. The maximum atomic E-state index is 9.50. The minimum absolute atomic E-state index is 0.120. The van der Waals surface area contributed by atoms with Gasteiger partial charge in [-0.15, -0.1) is 0 Å². The molecule has 0 heterocycles. The van der Waals surface area contributed by atoms with Gasteiger partial charge in [0.2, 0.25) is 0 Å². The molecule has 0 bridgehead atoms. The lowest BCUT2D eigenvalue weighted by Crippen LogP contribution is -1.91. The third kappa shape index (κ3) is 3.29. The summed E-state index contributed by atoms with van der Waals surface area (Å²) in [4.78, 5) is 0. The number of aromatic hydroxyl groups is 2. The Balaban J connectivity index is 2.51. The number of benzene rings is 1. The first kappa shape index (κ1) is 10.9. The molecule has 0 aliphatic carbocycles. The zero-order valence-corrected chi connectivity index (χ0v) is 8.83. The lowest BCUT2D eigenvalue weighted by Gasteiger charge is -2.06. The van der Waals surface area contributed by atoms with Gasteiger partial charge in [-0.1, -0.05) is 26.3 Å². The summed E-state index contributed by atoms with van der Waals surface area (Å²) in [5, 5.41) is 18.6. The highest BCUT2D eigenvalue weighted by atomic mass is 16.3. The van der Waals surface area contributed by atoms with Crippen LogP contribution in [0.5, 0.6) is 11.5 Å². The minimum atomic E-state index is 0.120. The Labute approximate surface area is 85.2 Å². The molecule has 2 nitrogen and oxygen atoms in total. The Bertz CT molecular complexity index is 292. The standard InChI is InChI=1S/C12H18O2/c1-9(2)4-3-5-10-6-7-11(13)8-12(10)14/h6-9,13-14H,3-5H2,1-2H3. The van der Waals surface area contributed by atoms with Crippen LogP contribution in [-0.2, 0) is 6.42 Å². The van der Waals surface area contributed by atoms with Gasteiger partial charge in [0.25, 0.3) is 0 Å². The molecule has 0 saturated heterocycles. The van der Waals surface area contributed by atoms with Crippen LogP contribution in [0.25, 0.3) is 0 Å². The first-order valence-electron chi connectivity index (χ1n) is 5.10. The summed E-state index contributed by atoms with van der Waals surface area (Å²) in [5.41, 5.74) is 0.920. The van der Waals surface area contributed by atoms with Crippen molar-refractivity contribution in [2.45, 2.75) is 33.1 Å². The second-order valence-electron chi connectivity index (χ2n) is 4.10. The van der Waals surface area contributed by atoms with Gasteiger partial charge in [-0.3, -0.25) is 0 Å². The summed E-state index contributed by atoms with van der Waals surface area (Å²) in [7, 11) is 0.